The zero-order valence-electron chi connectivity index (χ0n) is 10.2. The van der Waals surface area contributed by atoms with Crippen molar-refractivity contribution in [2.45, 2.75) is 46.0 Å². The molecule has 0 bridgehead atoms. The molecule has 0 heterocycles. The second kappa shape index (κ2) is 3.52. The Labute approximate surface area is 93.0 Å². The molecule has 80 valence electrons. The van der Waals surface area contributed by atoms with E-state index in [1.807, 2.05) is 0 Å². The van der Waals surface area contributed by atoms with Gasteiger partial charge in [0, 0.05) is 5.41 Å². The van der Waals surface area contributed by atoms with E-state index in [2.05, 4.69) is 52.0 Å². The lowest BCUT2D eigenvalue weighted by molar-refractivity contribution is 0.477. The molecular weight excluding hydrogens is 180 g/mol. The van der Waals surface area contributed by atoms with Crippen LogP contribution in [0.5, 0.6) is 0 Å². The van der Waals surface area contributed by atoms with Gasteiger partial charge in [-0.2, -0.15) is 0 Å². The zero-order chi connectivity index (χ0) is 11.1. The molecule has 2 rings (SSSR count). The monoisotopic (exact) mass is 200 g/mol. The van der Waals surface area contributed by atoms with Crippen molar-refractivity contribution in [3.63, 3.8) is 0 Å². The Balaban J connectivity index is 2.70. The van der Waals surface area contributed by atoms with Gasteiger partial charge in [-0.1, -0.05) is 43.7 Å². The Bertz CT molecular complexity index is 406. The van der Waals surface area contributed by atoms with Crippen LogP contribution in [0.1, 0.15) is 51.7 Å². The van der Waals surface area contributed by atoms with E-state index >= 15 is 0 Å². The first-order valence-corrected chi connectivity index (χ1v) is 5.95. The van der Waals surface area contributed by atoms with Crippen LogP contribution >= 0.6 is 0 Å². The van der Waals surface area contributed by atoms with Gasteiger partial charge in [-0.3, -0.25) is 0 Å². The van der Waals surface area contributed by atoms with Crippen molar-refractivity contribution in [2.75, 3.05) is 0 Å². The van der Waals surface area contributed by atoms with Crippen molar-refractivity contribution in [3.8, 4) is 0 Å². The number of hydrogen-bond donors (Lipinski definition) is 0. The molecule has 0 amide bonds. The third kappa shape index (κ3) is 1.20. The summed E-state index contributed by atoms with van der Waals surface area (Å²) in [6.07, 6.45) is 2.42. The first kappa shape index (κ1) is 10.5. The fourth-order valence-electron chi connectivity index (χ4n) is 3.15. The van der Waals surface area contributed by atoms with E-state index < -0.39 is 0 Å². The molecule has 0 spiro atoms. The van der Waals surface area contributed by atoms with Crippen LogP contribution in [-0.2, 0) is 5.41 Å². The third-order valence-electron chi connectivity index (χ3n) is 4.33. The van der Waals surface area contributed by atoms with E-state index in [1.54, 1.807) is 11.1 Å². The van der Waals surface area contributed by atoms with Crippen LogP contribution in [0.4, 0.5) is 0 Å². The van der Waals surface area contributed by atoms with Crippen molar-refractivity contribution in [2.24, 2.45) is 0 Å². The second-order valence-corrected chi connectivity index (χ2v) is 4.58. The minimum absolute atomic E-state index is 0.320. The van der Waals surface area contributed by atoms with Gasteiger partial charge in [-0.05, 0) is 43.4 Å². The first-order chi connectivity index (χ1) is 7.17. The molecule has 0 atom stereocenters. The van der Waals surface area contributed by atoms with Gasteiger partial charge < -0.3 is 0 Å². The molecule has 1 aliphatic carbocycles. The van der Waals surface area contributed by atoms with Gasteiger partial charge in [0.1, 0.15) is 0 Å². The van der Waals surface area contributed by atoms with Crippen LogP contribution in [0.25, 0.3) is 5.57 Å². The quantitative estimate of drug-likeness (QED) is 0.657. The predicted octanol–water partition coefficient (Wildman–Crippen LogP) is 4.55. The largest absolute Gasteiger partial charge is 0.0642 e. The van der Waals surface area contributed by atoms with Crippen LogP contribution in [0.3, 0.4) is 0 Å². The Morgan fingerprint density at radius 1 is 1.00 bits per heavy atom. The average Bonchev–Trinajstić information content (AvgIpc) is 2.51. The van der Waals surface area contributed by atoms with Crippen molar-refractivity contribution in [1.29, 1.82) is 0 Å². The van der Waals surface area contributed by atoms with Gasteiger partial charge in [0.15, 0.2) is 0 Å². The van der Waals surface area contributed by atoms with Gasteiger partial charge in [-0.15, -0.1) is 0 Å². The summed E-state index contributed by atoms with van der Waals surface area (Å²) in [6.45, 7) is 9.19. The maximum atomic E-state index is 2.31. The first-order valence-electron chi connectivity index (χ1n) is 5.95. The molecule has 0 aliphatic heterocycles. The summed E-state index contributed by atoms with van der Waals surface area (Å²) in [4.78, 5) is 0. The van der Waals surface area contributed by atoms with Crippen LogP contribution in [-0.4, -0.2) is 0 Å². The highest BCUT2D eigenvalue weighted by Gasteiger charge is 2.38. The molecule has 0 saturated heterocycles. The minimum Gasteiger partial charge on any atom is -0.0642 e. The third-order valence-corrected chi connectivity index (χ3v) is 4.33. The van der Waals surface area contributed by atoms with Crippen molar-refractivity contribution in [1.82, 2.24) is 0 Å². The molecule has 0 N–H and O–H groups in total. The molecular formula is C15H20. The Morgan fingerprint density at radius 2 is 1.60 bits per heavy atom. The molecule has 1 aromatic rings. The maximum absolute atomic E-state index is 2.31. The van der Waals surface area contributed by atoms with Crippen molar-refractivity contribution in [3.05, 3.63) is 41.0 Å². The van der Waals surface area contributed by atoms with E-state index in [-0.39, 0.29) is 0 Å². The lowest BCUT2D eigenvalue weighted by Crippen LogP contribution is -2.23. The summed E-state index contributed by atoms with van der Waals surface area (Å²) in [5.74, 6) is 0. The van der Waals surface area contributed by atoms with Crippen LogP contribution in [0.2, 0.25) is 0 Å². The average molecular weight is 200 g/mol. The molecule has 0 saturated carbocycles. The maximum Gasteiger partial charge on any atom is 0.0165 e. The lowest BCUT2D eigenvalue weighted by atomic mass is 9.73. The standard InChI is InChI=1S/C15H20/c1-5-15(6-2)12(4)11(3)13-9-7-8-10-14(13)15/h7-10H,5-6H2,1-4H3. The molecule has 15 heavy (non-hydrogen) atoms. The number of allylic oxidation sites excluding steroid dienone is 2. The van der Waals surface area contributed by atoms with Crippen LogP contribution in [0.15, 0.2) is 29.8 Å². The molecule has 0 radical (unpaired) electrons. The zero-order valence-corrected chi connectivity index (χ0v) is 10.2. The number of benzene rings is 1. The summed E-state index contributed by atoms with van der Waals surface area (Å²) in [7, 11) is 0. The summed E-state index contributed by atoms with van der Waals surface area (Å²) < 4.78 is 0. The fraction of sp³-hybridized carbons (Fsp3) is 0.467. The van der Waals surface area contributed by atoms with Gasteiger partial charge in [0.2, 0.25) is 0 Å². The number of hydrogen-bond acceptors (Lipinski definition) is 0. The van der Waals surface area contributed by atoms with E-state index in [1.165, 1.54) is 24.0 Å². The van der Waals surface area contributed by atoms with E-state index in [9.17, 15) is 0 Å². The Kier molecular flexibility index (Phi) is 2.46. The molecule has 0 heteroatoms. The van der Waals surface area contributed by atoms with Crippen molar-refractivity contribution >= 4 is 5.57 Å². The lowest BCUT2D eigenvalue weighted by Gasteiger charge is -2.30. The molecule has 0 unspecified atom stereocenters. The number of rotatable bonds is 2. The number of fused-ring (bicyclic) bond motifs is 1. The fourth-order valence-corrected chi connectivity index (χ4v) is 3.15. The highest BCUT2D eigenvalue weighted by molar-refractivity contribution is 5.78. The van der Waals surface area contributed by atoms with E-state index in [0.717, 1.165) is 0 Å². The van der Waals surface area contributed by atoms with Crippen LogP contribution in [0, 0.1) is 0 Å². The highest BCUT2D eigenvalue weighted by atomic mass is 14.4. The Morgan fingerprint density at radius 3 is 2.20 bits per heavy atom. The minimum atomic E-state index is 0.320. The van der Waals surface area contributed by atoms with Crippen LogP contribution < -0.4 is 0 Å². The van der Waals surface area contributed by atoms with Crippen molar-refractivity contribution < 1.29 is 0 Å². The molecule has 1 aliphatic rings. The SMILES string of the molecule is CCC1(CC)C(C)=C(C)c2ccccc21. The summed E-state index contributed by atoms with van der Waals surface area (Å²) in [5, 5.41) is 0. The summed E-state index contributed by atoms with van der Waals surface area (Å²) in [5.41, 5.74) is 6.41. The predicted molar refractivity (Wildman–Crippen MR) is 67.0 cm³/mol. The molecule has 0 aromatic heterocycles. The molecule has 0 nitrogen and oxygen atoms in total. The Hall–Kier alpha value is -1.04. The van der Waals surface area contributed by atoms with Gasteiger partial charge in [0.25, 0.3) is 0 Å². The second-order valence-electron chi connectivity index (χ2n) is 4.58. The smallest absolute Gasteiger partial charge is 0.0165 e. The summed E-state index contributed by atoms with van der Waals surface area (Å²) in [6, 6.07) is 8.89. The normalized spacial score (nSPS) is 18.1. The van der Waals surface area contributed by atoms with E-state index in [0.29, 0.717) is 5.41 Å². The molecule has 1 aromatic carbocycles. The van der Waals surface area contributed by atoms with Gasteiger partial charge in [0.05, 0.1) is 0 Å². The van der Waals surface area contributed by atoms with Gasteiger partial charge >= 0.3 is 0 Å². The topological polar surface area (TPSA) is 0 Å². The van der Waals surface area contributed by atoms with Gasteiger partial charge in [-0.25, -0.2) is 0 Å². The summed E-state index contributed by atoms with van der Waals surface area (Å²) >= 11 is 0. The van der Waals surface area contributed by atoms with E-state index in [4.69, 9.17) is 0 Å². The highest BCUT2D eigenvalue weighted by Crippen LogP contribution is 2.49. The molecule has 0 fully saturated rings.